The van der Waals surface area contributed by atoms with E-state index in [1.807, 2.05) is 44.2 Å². The highest BCUT2D eigenvalue weighted by molar-refractivity contribution is 5.92. The van der Waals surface area contributed by atoms with Crippen molar-refractivity contribution >= 4 is 5.91 Å². The molecule has 3 aromatic rings. The summed E-state index contributed by atoms with van der Waals surface area (Å²) in [6, 6.07) is 11.1. The van der Waals surface area contributed by atoms with Crippen LogP contribution < -0.4 is 5.32 Å². The number of hydrogen-bond donors (Lipinski definition) is 1. The lowest BCUT2D eigenvalue weighted by Gasteiger charge is -2.13. The molecule has 3 rings (SSSR count). The molecular weight excluding hydrogens is 322 g/mol. The van der Waals surface area contributed by atoms with Crippen LogP contribution in [-0.4, -0.2) is 32.8 Å². The Morgan fingerprint density at radius 2 is 2.16 bits per heavy atom. The van der Waals surface area contributed by atoms with Gasteiger partial charge in [0.15, 0.2) is 0 Å². The van der Waals surface area contributed by atoms with E-state index in [2.05, 4.69) is 20.8 Å². The van der Waals surface area contributed by atoms with Gasteiger partial charge in [-0.15, -0.1) is 5.10 Å². The molecule has 1 N–H and O–H groups in total. The maximum absolute atomic E-state index is 12.1. The summed E-state index contributed by atoms with van der Waals surface area (Å²) in [5.74, 6) is -0.251. The molecule has 0 radical (unpaired) electrons. The van der Waals surface area contributed by atoms with Gasteiger partial charge in [-0.1, -0.05) is 40.7 Å². The second-order valence-electron chi connectivity index (χ2n) is 5.38. The van der Waals surface area contributed by atoms with E-state index < -0.39 is 0 Å². The zero-order valence-electron chi connectivity index (χ0n) is 14.0. The lowest BCUT2D eigenvalue weighted by Crippen LogP contribution is -2.26. The molecule has 25 heavy (non-hydrogen) atoms. The molecule has 1 aromatic carbocycles. The first-order valence-corrected chi connectivity index (χ1v) is 7.99. The molecule has 0 aliphatic carbocycles. The molecule has 1 amide bonds. The van der Waals surface area contributed by atoms with E-state index in [-0.39, 0.29) is 24.5 Å². The van der Waals surface area contributed by atoms with Crippen LogP contribution in [0, 0.1) is 0 Å². The van der Waals surface area contributed by atoms with Gasteiger partial charge >= 0.3 is 0 Å². The van der Waals surface area contributed by atoms with Crippen LogP contribution in [-0.2, 0) is 11.3 Å². The Balaban J connectivity index is 1.54. The monoisotopic (exact) mass is 341 g/mol. The summed E-state index contributed by atoms with van der Waals surface area (Å²) in [5.41, 5.74) is 2.34. The number of ether oxygens (including phenoxy) is 1. The lowest BCUT2D eigenvalue weighted by molar-refractivity contribution is 0.0413. The molecule has 0 aliphatic heterocycles. The molecule has 0 aliphatic rings. The Morgan fingerprint density at radius 3 is 2.92 bits per heavy atom. The first-order valence-electron chi connectivity index (χ1n) is 7.99. The molecule has 8 nitrogen and oxygen atoms in total. The van der Waals surface area contributed by atoms with Crippen molar-refractivity contribution in [3.8, 4) is 11.3 Å². The van der Waals surface area contributed by atoms with Gasteiger partial charge in [0.2, 0.25) is 5.76 Å². The molecule has 0 spiro atoms. The predicted octanol–water partition coefficient (Wildman–Crippen LogP) is 2.42. The number of rotatable bonds is 7. The highest BCUT2D eigenvalue weighted by Gasteiger charge is 2.16. The normalized spacial score (nSPS) is 12.1. The third-order valence-corrected chi connectivity index (χ3v) is 3.73. The molecule has 130 valence electrons. The first-order chi connectivity index (χ1) is 12.2. The standard InChI is InChI=1S/C17H19N5O3/c1-3-22-15(10-19-21-22)12(2)24-11-18-17(23)16-9-14(20-25-16)13-7-5-4-6-8-13/h4-10,12H,3,11H2,1-2H3,(H,18,23)/t12-/m1/s1. The number of aryl methyl sites for hydroxylation is 1. The van der Waals surface area contributed by atoms with Crippen molar-refractivity contribution in [2.75, 3.05) is 6.73 Å². The second kappa shape index (κ2) is 7.71. The molecule has 0 fully saturated rings. The molecule has 0 saturated heterocycles. The maximum atomic E-state index is 12.1. The van der Waals surface area contributed by atoms with Crippen molar-refractivity contribution in [2.24, 2.45) is 0 Å². The van der Waals surface area contributed by atoms with E-state index in [1.165, 1.54) is 0 Å². The van der Waals surface area contributed by atoms with Gasteiger partial charge in [-0.2, -0.15) is 0 Å². The van der Waals surface area contributed by atoms with E-state index in [1.54, 1.807) is 16.9 Å². The zero-order chi connectivity index (χ0) is 17.6. The lowest BCUT2D eigenvalue weighted by atomic mass is 10.1. The van der Waals surface area contributed by atoms with Gasteiger partial charge in [-0.05, 0) is 13.8 Å². The zero-order valence-corrected chi connectivity index (χ0v) is 14.0. The number of benzene rings is 1. The van der Waals surface area contributed by atoms with E-state index in [9.17, 15) is 4.79 Å². The largest absolute Gasteiger partial charge is 0.352 e. The van der Waals surface area contributed by atoms with Crippen LogP contribution in [0.1, 0.15) is 36.2 Å². The van der Waals surface area contributed by atoms with Gasteiger partial charge in [0.1, 0.15) is 18.5 Å². The van der Waals surface area contributed by atoms with Crippen LogP contribution in [0.2, 0.25) is 0 Å². The summed E-state index contributed by atoms with van der Waals surface area (Å²) in [7, 11) is 0. The SMILES string of the molecule is CCn1nncc1[C@@H](C)OCNC(=O)c1cc(-c2ccccc2)no1. The van der Waals surface area contributed by atoms with Gasteiger partial charge in [0, 0.05) is 18.2 Å². The van der Waals surface area contributed by atoms with Crippen LogP contribution in [0.4, 0.5) is 0 Å². The average molecular weight is 341 g/mol. The van der Waals surface area contributed by atoms with Crippen molar-refractivity contribution in [1.29, 1.82) is 0 Å². The van der Waals surface area contributed by atoms with E-state index in [0.717, 1.165) is 11.3 Å². The van der Waals surface area contributed by atoms with Gasteiger partial charge in [-0.3, -0.25) is 4.79 Å². The summed E-state index contributed by atoms with van der Waals surface area (Å²) in [4.78, 5) is 12.1. The molecule has 0 unspecified atom stereocenters. The maximum Gasteiger partial charge on any atom is 0.291 e. The van der Waals surface area contributed by atoms with Gasteiger partial charge in [-0.25, -0.2) is 4.68 Å². The minimum Gasteiger partial charge on any atom is -0.352 e. The van der Waals surface area contributed by atoms with Gasteiger partial charge in [0.05, 0.1) is 11.9 Å². The Morgan fingerprint density at radius 1 is 1.36 bits per heavy atom. The average Bonchev–Trinajstić information content (AvgIpc) is 3.31. The van der Waals surface area contributed by atoms with Crippen molar-refractivity contribution in [3.05, 3.63) is 54.0 Å². The highest BCUT2D eigenvalue weighted by atomic mass is 16.5. The van der Waals surface area contributed by atoms with E-state index in [0.29, 0.717) is 12.2 Å². The first kappa shape index (κ1) is 16.8. The molecule has 1 atom stereocenters. The topological polar surface area (TPSA) is 95.1 Å². The number of carbonyl (C=O) groups is 1. The van der Waals surface area contributed by atoms with Crippen LogP contribution in [0.15, 0.2) is 47.1 Å². The number of amides is 1. The Hall–Kier alpha value is -3.00. The van der Waals surface area contributed by atoms with Gasteiger partial charge in [0.25, 0.3) is 5.91 Å². The van der Waals surface area contributed by atoms with E-state index >= 15 is 0 Å². The number of aromatic nitrogens is 4. The van der Waals surface area contributed by atoms with E-state index in [4.69, 9.17) is 9.26 Å². The minimum absolute atomic E-state index is 0.0380. The van der Waals surface area contributed by atoms with Crippen LogP contribution in [0.3, 0.4) is 0 Å². The second-order valence-corrected chi connectivity index (χ2v) is 5.38. The smallest absolute Gasteiger partial charge is 0.291 e. The highest BCUT2D eigenvalue weighted by Crippen LogP contribution is 2.18. The molecule has 2 aromatic heterocycles. The van der Waals surface area contributed by atoms with Crippen molar-refractivity contribution < 1.29 is 14.1 Å². The van der Waals surface area contributed by atoms with Crippen molar-refractivity contribution in [1.82, 2.24) is 25.5 Å². The van der Waals surface area contributed by atoms with Gasteiger partial charge < -0.3 is 14.6 Å². The number of hydrogen-bond acceptors (Lipinski definition) is 6. The number of nitrogens with one attached hydrogen (secondary N) is 1. The molecular formula is C17H19N5O3. The summed E-state index contributed by atoms with van der Waals surface area (Å²) in [5, 5.41) is 14.4. The van der Waals surface area contributed by atoms with Crippen LogP contribution >= 0.6 is 0 Å². The quantitative estimate of drug-likeness (QED) is 0.663. The molecule has 0 bridgehead atoms. The summed E-state index contributed by atoms with van der Waals surface area (Å²) in [6.45, 7) is 4.59. The third-order valence-electron chi connectivity index (χ3n) is 3.73. The summed E-state index contributed by atoms with van der Waals surface area (Å²) >= 11 is 0. The fourth-order valence-electron chi connectivity index (χ4n) is 2.36. The van der Waals surface area contributed by atoms with Crippen LogP contribution in [0.5, 0.6) is 0 Å². The third kappa shape index (κ3) is 3.92. The fraction of sp³-hybridized carbons (Fsp3) is 0.294. The Bertz CT molecular complexity index is 828. The number of carbonyl (C=O) groups excluding carboxylic acids is 1. The minimum atomic E-state index is -0.385. The van der Waals surface area contributed by atoms with Crippen molar-refractivity contribution in [2.45, 2.75) is 26.5 Å². The van der Waals surface area contributed by atoms with Crippen LogP contribution in [0.25, 0.3) is 11.3 Å². The van der Waals surface area contributed by atoms with Crippen molar-refractivity contribution in [3.63, 3.8) is 0 Å². The summed E-state index contributed by atoms with van der Waals surface area (Å²) < 4.78 is 12.5. The predicted molar refractivity (Wildman–Crippen MR) is 89.5 cm³/mol. The Labute approximate surface area is 144 Å². The molecule has 2 heterocycles. The Kier molecular flexibility index (Phi) is 5.20. The number of nitrogens with zero attached hydrogens (tertiary/aromatic N) is 4. The fourth-order valence-corrected chi connectivity index (χ4v) is 2.36. The molecule has 8 heteroatoms. The summed E-state index contributed by atoms with van der Waals surface area (Å²) in [6.07, 6.45) is 1.41. The molecule has 0 saturated carbocycles.